The van der Waals surface area contributed by atoms with Crippen molar-refractivity contribution in [3.05, 3.63) is 12.2 Å². The van der Waals surface area contributed by atoms with E-state index in [4.69, 9.17) is 14.0 Å². The number of carbonyl (C=O) groups excluding carboxylic acids is 1. The summed E-state index contributed by atoms with van der Waals surface area (Å²) in [6.07, 6.45) is 21.6. The Hall–Kier alpha value is -1.20. The van der Waals surface area contributed by atoms with E-state index in [1.165, 1.54) is 115 Å². The van der Waals surface area contributed by atoms with Crippen molar-refractivity contribution in [2.75, 3.05) is 13.2 Å². The molecule has 14 heteroatoms. The molecule has 0 aromatic rings. The molecule has 0 bridgehead atoms. The first kappa shape index (κ1) is 51.8. The highest BCUT2D eigenvalue weighted by atomic mass is 32.3. The van der Waals surface area contributed by atoms with Crippen molar-refractivity contribution in [3.8, 4) is 0 Å². The molecule has 326 valence electrons. The van der Waals surface area contributed by atoms with Crippen molar-refractivity contribution < 1.29 is 57.0 Å². The molecule has 7 N–H and O–H groups in total. The second kappa shape index (κ2) is 32.7. The minimum absolute atomic E-state index is 0.247. The third-order valence-electron chi connectivity index (χ3n) is 10.4. The summed E-state index contributed by atoms with van der Waals surface area (Å²) in [5, 5.41) is 55.0. The second-order valence-corrected chi connectivity index (χ2v) is 16.5. The van der Waals surface area contributed by atoms with Crippen LogP contribution in [0.25, 0.3) is 0 Å². The van der Waals surface area contributed by atoms with Crippen molar-refractivity contribution in [2.45, 2.75) is 230 Å². The molecule has 1 aliphatic rings. The van der Waals surface area contributed by atoms with Gasteiger partial charge in [-0.2, -0.15) is 8.42 Å². The molecule has 8 atom stereocenters. The maximum absolute atomic E-state index is 13.0. The van der Waals surface area contributed by atoms with E-state index in [9.17, 15) is 38.7 Å². The van der Waals surface area contributed by atoms with Crippen LogP contribution in [0.1, 0.15) is 181 Å². The van der Waals surface area contributed by atoms with Gasteiger partial charge in [-0.1, -0.05) is 174 Å². The van der Waals surface area contributed by atoms with Crippen LogP contribution in [0.15, 0.2) is 12.2 Å². The summed E-state index contributed by atoms with van der Waals surface area (Å²) < 4.78 is 47.3. The Kier molecular flexibility index (Phi) is 30.8. The van der Waals surface area contributed by atoms with Crippen molar-refractivity contribution in [1.29, 1.82) is 0 Å². The number of ether oxygens (including phenoxy) is 2. The number of aliphatic hydroxyl groups is 5. The molecule has 1 heterocycles. The van der Waals surface area contributed by atoms with E-state index >= 15 is 0 Å². The van der Waals surface area contributed by atoms with Crippen LogP contribution < -0.4 is 5.32 Å². The predicted molar refractivity (Wildman–Crippen MR) is 215 cm³/mol. The number of nitrogens with one attached hydrogen (secondary N) is 1. The van der Waals surface area contributed by atoms with Crippen LogP contribution in [0.2, 0.25) is 0 Å². The van der Waals surface area contributed by atoms with E-state index in [-0.39, 0.29) is 6.42 Å². The highest BCUT2D eigenvalue weighted by Crippen LogP contribution is 2.26. The first-order valence-corrected chi connectivity index (χ1v) is 23.0. The number of rotatable bonds is 36. The predicted octanol–water partition coefficient (Wildman–Crippen LogP) is 6.58. The van der Waals surface area contributed by atoms with Crippen molar-refractivity contribution >= 4 is 16.3 Å². The van der Waals surface area contributed by atoms with Crippen molar-refractivity contribution in [3.63, 3.8) is 0 Å². The van der Waals surface area contributed by atoms with Crippen LogP contribution in [-0.4, -0.2) is 107 Å². The lowest BCUT2D eigenvalue weighted by Gasteiger charge is -2.41. The lowest BCUT2D eigenvalue weighted by atomic mass is 9.99. The molecule has 0 aromatic carbocycles. The maximum atomic E-state index is 13.0. The Bertz CT molecular complexity index is 1060. The molecule has 1 amide bonds. The zero-order chi connectivity index (χ0) is 40.7. The van der Waals surface area contributed by atoms with Crippen LogP contribution in [0.4, 0.5) is 0 Å². The first-order chi connectivity index (χ1) is 26.4. The average Bonchev–Trinajstić information content (AvgIpc) is 3.15. The van der Waals surface area contributed by atoms with Crippen LogP contribution in [0, 0.1) is 0 Å². The molecule has 0 aromatic heterocycles. The number of amides is 1. The molecule has 0 saturated carbocycles. The largest absolute Gasteiger partial charge is 0.397 e. The minimum Gasteiger partial charge on any atom is -0.394 e. The van der Waals surface area contributed by atoms with E-state index < -0.39 is 78.5 Å². The lowest BCUT2D eigenvalue weighted by Crippen LogP contribution is -2.61. The van der Waals surface area contributed by atoms with Crippen molar-refractivity contribution in [1.82, 2.24) is 5.32 Å². The van der Waals surface area contributed by atoms with Gasteiger partial charge < -0.3 is 40.3 Å². The Morgan fingerprint density at radius 2 is 1.18 bits per heavy atom. The van der Waals surface area contributed by atoms with Gasteiger partial charge in [-0.25, -0.2) is 4.18 Å². The summed E-state index contributed by atoms with van der Waals surface area (Å²) in [4.78, 5) is 13.0. The monoisotopic (exact) mass is 810 g/mol. The number of unbranched alkanes of at least 4 members (excludes halogenated alkanes) is 23. The van der Waals surface area contributed by atoms with Gasteiger partial charge in [0.05, 0.1) is 25.4 Å². The average molecular weight is 810 g/mol. The molecule has 13 nitrogen and oxygen atoms in total. The summed E-state index contributed by atoms with van der Waals surface area (Å²) >= 11 is 0. The highest BCUT2D eigenvalue weighted by molar-refractivity contribution is 7.80. The number of aliphatic hydroxyl groups excluding tert-OH is 5. The van der Waals surface area contributed by atoms with Gasteiger partial charge in [-0.3, -0.25) is 9.35 Å². The van der Waals surface area contributed by atoms with Gasteiger partial charge in [0.1, 0.15) is 30.5 Å². The third kappa shape index (κ3) is 25.7. The zero-order valence-electron chi connectivity index (χ0n) is 34.1. The minimum atomic E-state index is -5.11. The van der Waals surface area contributed by atoms with E-state index in [1.807, 2.05) is 6.08 Å². The summed E-state index contributed by atoms with van der Waals surface area (Å²) in [6.45, 7) is 3.19. The van der Waals surface area contributed by atoms with Crippen molar-refractivity contribution in [2.24, 2.45) is 0 Å². The van der Waals surface area contributed by atoms with Gasteiger partial charge in [0, 0.05) is 0 Å². The first-order valence-electron chi connectivity index (χ1n) is 21.7. The molecule has 1 fully saturated rings. The molecule has 8 unspecified atom stereocenters. The van der Waals surface area contributed by atoms with Crippen LogP contribution in [0.3, 0.4) is 0 Å². The van der Waals surface area contributed by atoms with E-state index in [0.29, 0.717) is 12.8 Å². The normalized spacial score (nSPS) is 22.2. The van der Waals surface area contributed by atoms with Gasteiger partial charge in [-0.15, -0.1) is 0 Å². The van der Waals surface area contributed by atoms with Gasteiger partial charge in [0.25, 0.3) is 0 Å². The van der Waals surface area contributed by atoms with Gasteiger partial charge in [-0.05, 0) is 19.3 Å². The smallest absolute Gasteiger partial charge is 0.394 e. The van der Waals surface area contributed by atoms with Crippen LogP contribution in [-0.2, 0) is 28.9 Å². The fraction of sp³-hybridized carbons (Fsp3) is 0.927. The van der Waals surface area contributed by atoms with E-state index in [1.54, 1.807) is 0 Å². The third-order valence-corrected chi connectivity index (χ3v) is 10.9. The maximum Gasteiger partial charge on any atom is 0.397 e. The molecule has 1 rings (SSSR count). The van der Waals surface area contributed by atoms with Gasteiger partial charge >= 0.3 is 10.4 Å². The standard InChI is InChI=1S/C41H79NO12S/c1-3-5-7-9-11-13-15-16-17-18-20-22-24-26-28-30-35(45)40(48)42-33(34(44)29-27-25-23-21-19-14-12-10-8-6-4-2)32-52-41-38(47)39(54-55(49,50)51)37(46)36(31-43)53-41/h27,29,33-39,41,43-47H,3-26,28,30-32H2,1-2H3,(H,42,48)(H,49,50,51)/b29-27+. The summed E-state index contributed by atoms with van der Waals surface area (Å²) in [7, 11) is -5.11. The zero-order valence-corrected chi connectivity index (χ0v) is 34.9. The van der Waals surface area contributed by atoms with Crippen LogP contribution >= 0.6 is 0 Å². The summed E-state index contributed by atoms with van der Waals surface area (Å²) in [6, 6.07) is -1.11. The Morgan fingerprint density at radius 3 is 1.64 bits per heavy atom. The van der Waals surface area contributed by atoms with Gasteiger partial charge in [0.2, 0.25) is 5.91 Å². The molecular weight excluding hydrogens is 731 g/mol. The number of carbonyl (C=O) groups is 1. The van der Waals surface area contributed by atoms with E-state index in [2.05, 4.69) is 23.3 Å². The fourth-order valence-electron chi connectivity index (χ4n) is 6.93. The highest BCUT2D eigenvalue weighted by Gasteiger charge is 2.48. The summed E-state index contributed by atoms with van der Waals surface area (Å²) in [5.41, 5.74) is 0. The van der Waals surface area contributed by atoms with Gasteiger partial charge in [0.15, 0.2) is 6.29 Å². The Labute approximate surface area is 333 Å². The van der Waals surface area contributed by atoms with E-state index in [0.717, 1.165) is 38.5 Å². The Balaban J connectivity index is 2.61. The number of allylic oxidation sites excluding steroid dienone is 1. The number of hydrogen-bond acceptors (Lipinski definition) is 11. The Morgan fingerprint density at radius 1 is 0.727 bits per heavy atom. The molecule has 55 heavy (non-hydrogen) atoms. The lowest BCUT2D eigenvalue weighted by molar-refractivity contribution is -0.298. The molecular formula is C41H79NO12S. The number of hydrogen-bond donors (Lipinski definition) is 7. The summed E-state index contributed by atoms with van der Waals surface area (Å²) in [5.74, 6) is -0.702. The fourth-order valence-corrected chi connectivity index (χ4v) is 7.44. The molecule has 0 spiro atoms. The van der Waals surface area contributed by atoms with Crippen LogP contribution in [0.5, 0.6) is 0 Å². The molecule has 1 aliphatic heterocycles. The molecule has 0 radical (unpaired) electrons. The second-order valence-electron chi connectivity index (χ2n) is 15.4. The quantitative estimate of drug-likeness (QED) is 0.0203. The SMILES string of the molecule is CCCCCCCCCCC/C=C/C(O)C(COC1OC(CO)C(O)C(OS(=O)(=O)O)C1O)NC(=O)C(O)CCCCCCCCCCCCCCCCC. The molecule has 1 saturated heterocycles. The molecule has 0 aliphatic carbocycles. The topological polar surface area (TPSA) is 212 Å².